The van der Waals surface area contributed by atoms with E-state index in [1.54, 1.807) is 0 Å². The summed E-state index contributed by atoms with van der Waals surface area (Å²) >= 11 is 0. The van der Waals surface area contributed by atoms with E-state index >= 15 is 0 Å². The molecule has 0 bridgehead atoms. The molecular formula is C13H19N3O7. The fourth-order valence-corrected chi connectivity index (χ4v) is 2.14. The van der Waals surface area contributed by atoms with Gasteiger partial charge in [-0.15, -0.1) is 0 Å². The number of ether oxygens (including phenoxy) is 3. The SMILES string of the molecule is COC(=O)c1cc(OC)nc(N[C@H]2CO[C@H](CO)[C@H](O)[C@@H]2O)n1. The maximum atomic E-state index is 11.6. The summed E-state index contributed by atoms with van der Waals surface area (Å²) < 4.78 is 14.8. The Bertz CT molecular complexity index is 556. The summed E-state index contributed by atoms with van der Waals surface area (Å²) in [6, 6.07) is 0.576. The summed E-state index contributed by atoms with van der Waals surface area (Å²) in [5.74, 6) is -0.537. The fourth-order valence-electron chi connectivity index (χ4n) is 2.14. The first kappa shape index (κ1) is 17.3. The van der Waals surface area contributed by atoms with Crippen LogP contribution in [-0.4, -0.2) is 83.0 Å². The molecule has 0 aromatic carbocycles. The van der Waals surface area contributed by atoms with Crippen LogP contribution in [0.25, 0.3) is 0 Å². The van der Waals surface area contributed by atoms with Crippen LogP contribution in [0.2, 0.25) is 0 Å². The first-order valence-electron chi connectivity index (χ1n) is 6.86. The third kappa shape index (κ3) is 3.85. The molecule has 23 heavy (non-hydrogen) atoms. The van der Waals surface area contributed by atoms with Gasteiger partial charge in [-0.05, 0) is 0 Å². The normalized spacial score (nSPS) is 27.3. The van der Waals surface area contributed by atoms with Crippen LogP contribution in [0.1, 0.15) is 10.5 Å². The molecule has 4 N–H and O–H groups in total. The van der Waals surface area contributed by atoms with Crippen molar-refractivity contribution in [3.05, 3.63) is 11.8 Å². The molecule has 1 aromatic heterocycles. The third-order valence-corrected chi connectivity index (χ3v) is 3.43. The van der Waals surface area contributed by atoms with Crippen LogP contribution in [0.5, 0.6) is 5.88 Å². The molecular weight excluding hydrogens is 310 g/mol. The van der Waals surface area contributed by atoms with Gasteiger partial charge in [0.15, 0.2) is 5.69 Å². The van der Waals surface area contributed by atoms with Crippen LogP contribution in [0.3, 0.4) is 0 Å². The zero-order chi connectivity index (χ0) is 17.0. The number of hydrogen-bond donors (Lipinski definition) is 4. The Kier molecular flexibility index (Phi) is 5.66. The maximum Gasteiger partial charge on any atom is 0.357 e. The van der Waals surface area contributed by atoms with Gasteiger partial charge in [0.1, 0.15) is 18.3 Å². The first-order valence-corrected chi connectivity index (χ1v) is 6.86. The van der Waals surface area contributed by atoms with E-state index in [2.05, 4.69) is 20.0 Å². The minimum Gasteiger partial charge on any atom is -0.481 e. The number of nitrogens with one attached hydrogen (secondary N) is 1. The summed E-state index contributed by atoms with van der Waals surface area (Å²) in [5, 5.41) is 31.7. The highest BCUT2D eigenvalue weighted by Crippen LogP contribution is 2.19. The second kappa shape index (κ2) is 7.51. The molecule has 0 unspecified atom stereocenters. The standard InChI is InChI=1S/C13H19N3O7/c1-21-9-3-6(12(20)22-2)14-13(16-9)15-7-5-23-8(4-17)11(19)10(7)18/h3,7-8,10-11,17-19H,4-5H2,1-2H3,(H,14,15,16)/t7-,8+,10+,11-/m0/s1. The van der Waals surface area contributed by atoms with Gasteiger partial charge in [-0.3, -0.25) is 0 Å². The van der Waals surface area contributed by atoms with Crippen molar-refractivity contribution in [1.82, 2.24) is 9.97 Å². The van der Waals surface area contributed by atoms with Gasteiger partial charge in [0.05, 0.1) is 33.5 Å². The number of hydrogen-bond acceptors (Lipinski definition) is 10. The van der Waals surface area contributed by atoms with E-state index in [-0.39, 0.29) is 24.1 Å². The smallest absolute Gasteiger partial charge is 0.357 e. The molecule has 0 aliphatic carbocycles. The van der Waals surface area contributed by atoms with Crippen molar-refractivity contribution in [1.29, 1.82) is 0 Å². The molecule has 1 aliphatic rings. The highest BCUT2D eigenvalue weighted by molar-refractivity contribution is 5.87. The Hall–Kier alpha value is -2.01. The average molecular weight is 329 g/mol. The number of aliphatic hydroxyl groups excluding tert-OH is 3. The van der Waals surface area contributed by atoms with Crippen molar-refractivity contribution in [3.63, 3.8) is 0 Å². The minimum absolute atomic E-state index is 0.00653. The first-order chi connectivity index (χ1) is 11.0. The molecule has 10 nitrogen and oxygen atoms in total. The molecule has 10 heteroatoms. The lowest BCUT2D eigenvalue weighted by molar-refractivity contribution is -0.152. The number of carbonyl (C=O) groups is 1. The summed E-state index contributed by atoms with van der Waals surface area (Å²) in [6.45, 7) is -0.398. The lowest BCUT2D eigenvalue weighted by Crippen LogP contribution is -2.56. The van der Waals surface area contributed by atoms with E-state index in [0.717, 1.165) is 0 Å². The predicted molar refractivity (Wildman–Crippen MR) is 76.2 cm³/mol. The largest absolute Gasteiger partial charge is 0.481 e. The van der Waals surface area contributed by atoms with Gasteiger partial charge in [0, 0.05) is 6.07 Å². The van der Waals surface area contributed by atoms with Crippen LogP contribution in [-0.2, 0) is 9.47 Å². The number of carbonyl (C=O) groups excluding carboxylic acids is 1. The fraction of sp³-hybridized carbons (Fsp3) is 0.615. The summed E-state index contributed by atoms with van der Waals surface area (Å²) in [6.07, 6.45) is -3.34. The van der Waals surface area contributed by atoms with Gasteiger partial charge in [-0.25, -0.2) is 9.78 Å². The lowest BCUT2D eigenvalue weighted by atomic mass is 9.98. The van der Waals surface area contributed by atoms with E-state index in [4.69, 9.17) is 14.6 Å². The predicted octanol–water partition coefficient (Wildman–Crippen LogP) is -1.83. The molecule has 1 saturated heterocycles. The second-order valence-corrected chi connectivity index (χ2v) is 4.90. The van der Waals surface area contributed by atoms with Gasteiger partial charge >= 0.3 is 5.97 Å². The van der Waals surface area contributed by atoms with E-state index < -0.39 is 36.9 Å². The van der Waals surface area contributed by atoms with Crippen molar-refractivity contribution in [2.75, 3.05) is 32.8 Å². The van der Waals surface area contributed by atoms with E-state index in [1.165, 1.54) is 20.3 Å². The number of aromatic nitrogens is 2. The van der Waals surface area contributed by atoms with E-state index in [0.29, 0.717) is 0 Å². The van der Waals surface area contributed by atoms with Gasteiger partial charge in [0.2, 0.25) is 11.8 Å². The molecule has 1 aliphatic heterocycles. The molecule has 1 aromatic rings. The molecule has 2 heterocycles. The Morgan fingerprint density at radius 2 is 2.13 bits per heavy atom. The van der Waals surface area contributed by atoms with E-state index in [1.807, 2.05) is 0 Å². The highest BCUT2D eigenvalue weighted by Gasteiger charge is 2.38. The number of aliphatic hydroxyl groups is 3. The molecule has 0 saturated carbocycles. The minimum atomic E-state index is -1.27. The summed E-state index contributed by atoms with van der Waals surface area (Å²) in [4.78, 5) is 19.6. The summed E-state index contributed by atoms with van der Waals surface area (Å²) in [7, 11) is 2.59. The Morgan fingerprint density at radius 3 is 2.74 bits per heavy atom. The molecule has 1 fully saturated rings. The number of nitrogens with zero attached hydrogens (tertiary/aromatic N) is 2. The van der Waals surface area contributed by atoms with Gasteiger partial charge < -0.3 is 34.8 Å². The quantitative estimate of drug-likeness (QED) is 0.455. The second-order valence-electron chi connectivity index (χ2n) is 4.90. The Balaban J connectivity index is 2.17. The Morgan fingerprint density at radius 1 is 1.39 bits per heavy atom. The van der Waals surface area contributed by atoms with Gasteiger partial charge in [-0.1, -0.05) is 0 Å². The van der Waals surface area contributed by atoms with Crippen LogP contribution in [0.4, 0.5) is 5.95 Å². The number of anilines is 1. The third-order valence-electron chi connectivity index (χ3n) is 3.43. The lowest BCUT2D eigenvalue weighted by Gasteiger charge is -2.37. The van der Waals surface area contributed by atoms with Crippen molar-refractivity contribution >= 4 is 11.9 Å². The van der Waals surface area contributed by atoms with Crippen molar-refractivity contribution in [2.24, 2.45) is 0 Å². The molecule has 0 radical (unpaired) electrons. The molecule has 128 valence electrons. The monoisotopic (exact) mass is 329 g/mol. The Labute approximate surface area is 132 Å². The maximum absolute atomic E-state index is 11.6. The number of rotatable bonds is 5. The van der Waals surface area contributed by atoms with Crippen molar-refractivity contribution in [3.8, 4) is 5.88 Å². The zero-order valence-electron chi connectivity index (χ0n) is 12.7. The number of esters is 1. The molecule has 0 spiro atoms. The average Bonchev–Trinajstić information content (AvgIpc) is 2.58. The van der Waals surface area contributed by atoms with Gasteiger partial charge in [0.25, 0.3) is 0 Å². The van der Waals surface area contributed by atoms with E-state index in [9.17, 15) is 15.0 Å². The summed E-state index contributed by atoms with van der Waals surface area (Å²) in [5.41, 5.74) is -0.0261. The van der Waals surface area contributed by atoms with Crippen molar-refractivity contribution in [2.45, 2.75) is 24.4 Å². The van der Waals surface area contributed by atoms with Crippen LogP contribution < -0.4 is 10.1 Å². The van der Waals surface area contributed by atoms with Gasteiger partial charge in [-0.2, -0.15) is 4.98 Å². The highest BCUT2D eigenvalue weighted by atomic mass is 16.5. The molecule has 0 amide bonds. The van der Waals surface area contributed by atoms with Crippen LogP contribution in [0.15, 0.2) is 6.07 Å². The molecule has 2 rings (SSSR count). The molecule has 4 atom stereocenters. The zero-order valence-corrected chi connectivity index (χ0v) is 12.7. The topological polar surface area (TPSA) is 143 Å². The van der Waals surface area contributed by atoms with Crippen LogP contribution >= 0.6 is 0 Å². The number of methoxy groups -OCH3 is 2. The van der Waals surface area contributed by atoms with Crippen LogP contribution in [0, 0.1) is 0 Å². The van der Waals surface area contributed by atoms with Crippen molar-refractivity contribution < 1.29 is 34.3 Å².